The number of hydrogen-bond donors (Lipinski definition) is 2. The highest BCUT2D eigenvalue weighted by Gasteiger charge is 2.15. The van der Waals surface area contributed by atoms with Gasteiger partial charge in [-0.3, -0.25) is 9.89 Å². The molecule has 0 aliphatic heterocycles. The normalized spacial score (nSPS) is 12.5. The lowest BCUT2D eigenvalue weighted by molar-refractivity contribution is 0.398. The Kier molecular flexibility index (Phi) is 5.80. The van der Waals surface area contributed by atoms with Gasteiger partial charge in [0.25, 0.3) is 11.4 Å². The molecule has 9 heteroatoms. The second kappa shape index (κ2) is 8.07. The quantitative estimate of drug-likeness (QED) is 0.640. The summed E-state index contributed by atoms with van der Waals surface area (Å²) in [5, 5.41) is 12.1. The molecule has 3 rings (SSSR count). The number of halogens is 2. The summed E-state index contributed by atoms with van der Waals surface area (Å²) in [6.45, 7) is 0.968. The van der Waals surface area contributed by atoms with Crippen molar-refractivity contribution in [2.24, 2.45) is 5.73 Å². The van der Waals surface area contributed by atoms with E-state index in [2.05, 4.69) is 15.3 Å². The van der Waals surface area contributed by atoms with E-state index in [0.29, 0.717) is 46.5 Å². The lowest BCUT2D eigenvalue weighted by Gasteiger charge is -2.17. The molecule has 0 aliphatic carbocycles. The standard InChI is InChI=1S/C17H19Cl2N5O2/c1-26-17-16-14(21-22-17)9-15(25)24(23-16)7-5-10(4-6-20)11-2-3-12(18)13(19)8-11/h2-3,8-10,21H,4-7,20H2,1H3. The van der Waals surface area contributed by atoms with Gasteiger partial charge in [-0.1, -0.05) is 29.3 Å². The van der Waals surface area contributed by atoms with Gasteiger partial charge in [-0.05, 0) is 43.0 Å². The number of nitrogens with zero attached hydrogens (tertiary/aromatic N) is 3. The number of methoxy groups -OCH3 is 1. The number of aryl methyl sites for hydroxylation is 1. The molecule has 26 heavy (non-hydrogen) atoms. The van der Waals surface area contributed by atoms with Crippen molar-refractivity contribution in [3.05, 3.63) is 50.2 Å². The third-order valence-electron chi connectivity index (χ3n) is 4.29. The van der Waals surface area contributed by atoms with Gasteiger partial charge in [-0.15, -0.1) is 5.10 Å². The van der Waals surface area contributed by atoms with Crippen molar-refractivity contribution in [3.63, 3.8) is 0 Å². The fraction of sp³-hybridized carbons (Fsp3) is 0.353. The number of ether oxygens (including phenoxy) is 1. The van der Waals surface area contributed by atoms with E-state index >= 15 is 0 Å². The monoisotopic (exact) mass is 395 g/mol. The van der Waals surface area contributed by atoms with Crippen LogP contribution in [0.3, 0.4) is 0 Å². The summed E-state index contributed by atoms with van der Waals surface area (Å²) in [5.74, 6) is 0.502. The zero-order valence-corrected chi connectivity index (χ0v) is 15.7. The highest BCUT2D eigenvalue weighted by molar-refractivity contribution is 6.42. The van der Waals surface area contributed by atoms with E-state index in [4.69, 9.17) is 33.7 Å². The van der Waals surface area contributed by atoms with Gasteiger partial charge in [0.15, 0.2) is 5.52 Å². The van der Waals surface area contributed by atoms with Gasteiger partial charge in [0, 0.05) is 12.6 Å². The summed E-state index contributed by atoms with van der Waals surface area (Å²) in [6, 6.07) is 7.03. The van der Waals surface area contributed by atoms with Crippen molar-refractivity contribution >= 4 is 34.2 Å². The van der Waals surface area contributed by atoms with Crippen LogP contribution in [0.1, 0.15) is 24.3 Å². The summed E-state index contributed by atoms with van der Waals surface area (Å²) in [5.41, 5.74) is 7.67. The predicted molar refractivity (Wildman–Crippen MR) is 102 cm³/mol. The molecule has 1 aromatic carbocycles. The third-order valence-corrected chi connectivity index (χ3v) is 5.03. The molecule has 138 valence electrons. The van der Waals surface area contributed by atoms with Crippen LogP contribution in [0.4, 0.5) is 0 Å². The molecule has 0 radical (unpaired) electrons. The topological polar surface area (TPSA) is 98.8 Å². The number of hydrogen-bond acceptors (Lipinski definition) is 5. The number of fused-ring (bicyclic) bond motifs is 1. The van der Waals surface area contributed by atoms with Crippen LogP contribution in [0.5, 0.6) is 5.88 Å². The second-order valence-electron chi connectivity index (χ2n) is 5.94. The molecule has 0 bridgehead atoms. The molecule has 2 heterocycles. The van der Waals surface area contributed by atoms with Crippen LogP contribution in [0.25, 0.3) is 11.0 Å². The van der Waals surface area contributed by atoms with E-state index in [0.717, 1.165) is 12.0 Å². The molecule has 0 fully saturated rings. The van der Waals surface area contributed by atoms with Gasteiger partial charge in [0.2, 0.25) is 0 Å². The van der Waals surface area contributed by atoms with Crippen molar-refractivity contribution in [1.82, 2.24) is 20.0 Å². The molecule has 1 unspecified atom stereocenters. The molecule has 0 saturated carbocycles. The first-order valence-electron chi connectivity index (χ1n) is 8.18. The van der Waals surface area contributed by atoms with Crippen LogP contribution >= 0.6 is 23.2 Å². The lowest BCUT2D eigenvalue weighted by atomic mass is 9.92. The van der Waals surface area contributed by atoms with E-state index < -0.39 is 0 Å². The SMILES string of the molecule is COc1n[nH]c2cc(=O)n(CCC(CCN)c3ccc(Cl)c(Cl)c3)nc12. The van der Waals surface area contributed by atoms with Gasteiger partial charge in [0.1, 0.15) is 0 Å². The van der Waals surface area contributed by atoms with Crippen molar-refractivity contribution in [3.8, 4) is 5.88 Å². The number of benzene rings is 1. The molecular formula is C17H19Cl2N5O2. The number of nitrogens with two attached hydrogens (primary N) is 1. The molecule has 7 nitrogen and oxygen atoms in total. The summed E-state index contributed by atoms with van der Waals surface area (Å²) in [6.07, 6.45) is 1.46. The summed E-state index contributed by atoms with van der Waals surface area (Å²) < 4.78 is 6.57. The van der Waals surface area contributed by atoms with Crippen molar-refractivity contribution in [2.75, 3.05) is 13.7 Å². The smallest absolute Gasteiger partial charge is 0.268 e. The maximum atomic E-state index is 12.3. The third kappa shape index (κ3) is 3.85. The highest BCUT2D eigenvalue weighted by atomic mass is 35.5. The van der Waals surface area contributed by atoms with Crippen LogP contribution in [0.15, 0.2) is 29.1 Å². The number of aromatic amines is 1. The molecule has 0 spiro atoms. The molecule has 3 N–H and O–H groups in total. The Morgan fingerprint density at radius 3 is 2.77 bits per heavy atom. The average Bonchev–Trinajstić information content (AvgIpc) is 3.02. The number of aromatic nitrogens is 4. The minimum absolute atomic E-state index is 0.144. The van der Waals surface area contributed by atoms with E-state index in [1.807, 2.05) is 12.1 Å². The predicted octanol–water partition coefficient (Wildman–Crippen LogP) is 2.96. The Labute approximate surface area is 160 Å². The van der Waals surface area contributed by atoms with Crippen LogP contribution < -0.4 is 16.0 Å². The van der Waals surface area contributed by atoms with Crippen LogP contribution in [-0.2, 0) is 6.54 Å². The van der Waals surface area contributed by atoms with Gasteiger partial charge >= 0.3 is 0 Å². The van der Waals surface area contributed by atoms with E-state index in [-0.39, 0.29) is 11.5 Å². The van der Waals surface area contributed by atoms with Crippen molar-refractivity contribution in [2.45, 2.75) is 25.3 Å². The molecule has 0 amide bonds. The maximum Gasteiger partial charge on any atom is 0.268 e. The molecule has 1 atom stereocenters. The molecular weight excluding hydrogens is 377 g/mol. The Hall–Kier alpha value is -2.09. The van der Waals surface area contributed by atoms with E-state index in [9.17, 15) is 4.79 Å². The van der Waals surface area contributed by atoms with Crippen molar-refractivity contribution in [1.29, 1.82) is 0 Å². The Morgan fingerprint density at radius 2 is 2.08 bits per heavy atom. The maximum absolute atomic E-state index is 12.3. The zero-order valence-electron chi connectivity index (χ0n) is 14.2. The Morgan fingerprint density at radius 1 is 1.27 bits per heavy atom. The zero-order chi connectivity index (χ0) is 18.7. The fourth-order valence-corrected chi connectivity index (χ4v) is 3.23. The first-order chi connectivity index (χ1) is 12.5. The van der Waals surface area contributed by atoms with E-state index in [1.54, 1.807) is 6.07 Å². The molecule has 0 aliphatic rings. The minimum Gasteiger partial charge on any atom is -0.478 e. The van der Waals surface area contributed by atoms with Crippen LogP contribution in [0, 0.1) is 0 Å². The summed E-state index contributed by atoms with van der Waals surface area (Å²) in [4.78, 5) is 12.3. The largest absolute Gasteiger partial charge is 0.478 e. The molecule has 2 aromatic heterocycles. The first-order valence-corrected chi connectivity index (χ1v) is 8.94. The molecule has 3 aromatic rings. The average molecular weight is 396 g/mol. The van der Waals surface area contributed by atoms with Gasteiger partial charge < -0.3 is 10.5 Å². The Balaban J connectivity index is 1.84. The van der Waals surface area contributed by atoms with Gasteiger partial charge in [0.05, 0.1) is 22.7 Å². The number of H-pyrrole nitrogens is 1. The number of nitrogens with one attached hydrogen (secondary N) is 1. The van der Waals surface area contributed by atoms with Crippen LogP contribution in [-0.4, -0.2) is 33.6 Å². The minimum atomic E-state index is -0.204. The molecule has 0 saturated heterocycles. The van der Waals surface area contributed by atoms with Gasteiger partial charge in [-0.2, -0.15) is 5.10 Å². The van der Waals surface area contributed by atoms with Gasteiger partial charge in [-0.25, -0.2) is 4.68 Å². The summed E-state index contributed by atoms with van der Waals surface area (Å²) in [7, 11) is 1.51. The number of rotatable bonds is 7. The Bertz CT molecular complexity index is 969. The van der Waals surface area contributed by atoms with E-state index in [1.165, 1.54) is 17.9 Å². The fourth-order valence-electron chi connectivity index (χ4n) is 2.92. The van der Waals surface area contributed by atoms with Crippen molar-refractivity contribution < 1.29 is 4.74 Å². The first kappa shape index (κ1) is 18.7. The van der Waals surface area contributed by atoms with Crippen LogP contribution in [0.2, 0.25) is 10.0 Å². The second-order valence-corrected chi connectivity index (χ2v) is 6.75. The summed E-state index contributed by atoms with van der Waals surface area (Å²) >= 11 is 12.1. The highest BCUT2D eigenvalue weighted by Crippen LogP contribution is 2.30. The lowest BCUT2D eigenvalue weighted by Crippen LogP contribution is -2.23.